The first-order valence-corrected chi connectivity index (χ1v) is 30.9. The van der Waals surface area contributed by atoms with Gasteiger partial charge in [-0.25, -0.2) is 0 Å². The van der Waals surface area contributed by atoms with Gasteiger partial charge in [-0.3, -0.25) is 9.36 Å². The lowest BCUT2D eigenvalue weighted by Crippen LogP contribution is -2.46. The Labute approximate surface area is 429 Å². The molecule has 0 radical (unpaired) electrons. The van der Waals surface area contributed by atoms with Gasteiger partial charge in [0, 0.05) is 6.42 Å². The van der Waals surface area contributed by atoms with Crippen LogP contribution < -0.4 is 10.2 Å². The van der Waals surface area contributed by atoms with Crippen molar-refractivity contribution in [2.45, 2.75) is 289 Å². The molecule has 0 heterocycles. The Hall–Kier alpha value is -1.54. The number of phosphoric ester groups is 1. The van der Waals surface area contributed by atoms with E-state index >= 15 is 0 Å². The first-order chi connectivity index (χ1) is 33.5. The second-order valence-corrected chi connectivity index (χ2v) is 22.7. The molecule has 406 valence electrons. The molecule has 0 aliphatic carbocycles. The van der Waals surface area contributed by atoms with Crippen molar-refractivity contribution in [2.24, 2.45) is 0 Å². The van der Waals surface area contributed by atoms with Crippen LogP contribution in [0, 0.1) is 0 Å². The molecule has 9 heteroatoms. The number of allylic oxidation sites excluding steroid dienone is 8. The number of aliphatic hydroxyl groups excluding tert-OH is 1. The number of hydrogen-bond donors (Lipinski definition) is 2. The number of amides is 1. The van der Waals surface area contributed by atoms with Crippen molar-refractivity contribution in [2.75, 3.05) is 40.9 Å². The summed E-state index contributed by atoms with van der Waals surface area (Å²) in [5.74, 6) is -0.186. The van der Waals surface area contributed by atoms with Crippen LogP contribution in [0.4, 0.5) is 0 Å². The molecule has 0 aliphatic rings. The third-order valence-corrected chi connectivity index (χ3v) is 14.3. The molecular formula is C60H115N2O6P. The van der Waals surface area contributed by atoms with Gasteiger partial charge in [0.15, 0.2) is 0 Å². The number of phosphoric acid groups is 1. The van der Waals surface area contributed by atoms with Crippen LogP contribution in [0.1, 0.15) is 277 Å². The topological polar surface area (TPSA) is 108 Å². The normalized spacial score (nSPS) is 14.2. The molecule has 0 aromatic heterocycles. The van der Waals surface area contributed by atoms with E-state index in [9.17, 15) is 19.4 Å². The third kappa shape index (κ3) is 54.1. The van der Waals surface area contributed by atoms with Gasteiger partial charge in [0.25, 0.3) is 7.82 Å². The highest BCUT2D eigenvalue weighted by atomic mass is 31.2. The third-order valence-electron chi connectivity index (χ3n) is 13.3. The number of carbonyl (C=O) groups excluding carboxylic acids is 1. The minimum atomic E-state index is -4.58. The molecule has 0 saturated carbocycles. The van der Waals surface area contributed by atoms with Gasteiger partial charge in [0.2, 0.25) is 5.91 Å². The summed E-state index contributed by atoms with van der Waals surface area (Å²) in [6.07, 6.45) is 67.3. The van der Waals surface area contributed by atoms with E-state index in [1.807, 2.05) is 21.1 Å². The molecule has 0 fully saturated rings. The highest BCUT2D eigenvalue weighted by Gasteiger charge is 2.24. The molecule has 0 aromatic rings. The number of nitrogens with one attached hydrogen (secondary N) is 1. The van der Waals surface area contributed by atoms with Crippen LogP contribution in [0.25, 0.3) is 0 Å². The van der Waals surface area contributed by atoms with Crippen LogP contribution in [0.5, 0.6) is 0 Å². The summed E-state index contributed by atoms with van der Waals surface area (Å²) < 4.78 is 23.4. The highest BCUT2D eigenvalue weighted by molar-refractivity contribution is 7.45. The van der Waals surface area contributed by atoms with E-state index in [2.05, 4.69) is 67.8 Å². The number of carbonyl (C=O) groups is 1. The average Bonchev–Trinajstić information content (AvgIpc) is 3.31. The smallest absolute Gasteiger partial charge is 0.268 e. The number of quaternary nitrogens is 1. The van der Waals surface area contributed by atoms with Crippen LogP contribution in [-0.4, -0.2) is 68.5 Å². The highest BCUT2D eigenvalue weighted by Crippen LogP contribution is 2.38. The van der Waals surface area contributed by atoms with E-state index < -0.39 is 20.0 Å². The summed E-state index contributed by atoms with van der Waals surface area (Å²) >= 11 is 0. The Morgan fingerprint density at radius 3 is 1.29 bits per heavy atom. The Bertz CT molecular complexity index is 1260. The van der Waals surface area contributed by atoms with Gasteiger partial charge in [-0.2, -0.15) is 0 Å². The Balaban J connectivity index is 4.09. The summed E-state index contributed by atoms with van der Waals surface area (Å²) in [4.78, 5) is 25.5. The van der Waals surface area contributed by atoms with Crippen molar-refractivity contribution in [3.05, 3.63) is 48.6 Å². The number of hydrogen-bond acceptors (Lipinski definition) is 6. The zero-order valence-corrected chi connectivity index (χ0v) is 47.2. The van der Waals surface area contributed by atoms with E-state index in [4.69, 9.17) is 9.05 Å². The molecule has 0 rings (SSSR count). The van der Waals surface area contributed by atoms with E-state index in [1.165, 1.54) is 173 Å². The van der Waals surface area contributed by atoms with E-state index in [-0.39, 0.29) is 19.1 Å². The van der Waals surface area contributed by atoms with Crippen molar-refractivity contribution in [1.82, 2.24) is 5.32 Å². The monoisotopic (exact) mass is 991 g/mol. The molecular weight excluding hydrogens is 876 g/mol. The van der Waals surface area contributed by atoms with Crippen molar-refractivity contribution in [1.29, 1.82) is 0 Å². The van der Waals surface area contributed by atoms with Crippen LogP contribution >= 0.6 is 7.82 Å². The lowest BCUT2D eigenvalue weighted by Gasteiger charge is -2.30. The van der Waals surface area contributed by atoms with Crippen molar-refractivity contribution >= 4 is 13.7 Å². The van der Waals surface area contributed by atoms with Gasteiger partial charge in [-0.05, 0) is 51.4 Å². The molecule has 0 bridgehead atoms. The fraction of sp³-hybridized carbons (Fsp3) is 0.850. The fourth-order valence-electron chi connectivity index (χ4n) is 8.74. The van der Waals surface area contributed by atoms with Crippen LogP contribution in [0.3, 0.4) is 0 Å². The number of rotatable bonds is 54. The van der Waals surface area contributed by atoms with Gasteiger partial charge in [0.05, 0.1) is 39.9 Å². The van der Waals surface area contributed by atoms with Gasteiger partial charge < -0.3 is 28.8 Å². The summed E-state index contributed by atoms with van der Waals surface area (Å²) in [5.41, 5.74) is 0. The molecule has 0 spiro atoms. The lowest BCUT2D eigenvalue weighted by atomic mass is 10.0. The number of nitrogens with zero attached hydrogens (tertiary/aromatic N) is 1. The lowest BCUT2D eigenvalue weighted by molar-refractivity contribution is -0.870. The maximum absolute atomic E-state index is 13.0. The predicted octanol–water partition coefficient (Wildman–Crippen LogP) is 17.3. The Morgan fingerprint density at radius 2 is 0.884 bits per heavy atom. The standard InChI is InChI=1S/C60H115N2O6P/c1-6-8-10-12-14-16-18-20-22-24-25-26-27-28-29-30-31-32-33-34-35-36-38-39-41-43-45-47-49-51-53-59(63)58(57-68-69(65,66)67-56-55-62(3,4)5)61-60(64)54-52-50-48-46-44-42-40-37-23-21-19-17-15-13-11-9-7-2/h9,11,15,17,21,23,40,42,58-59,63H,6-8,10,12-14,16,18-20,22,24-39,41,43-57H2,1-5H3,(H-,61,64,65,66)/b11-9-,17-15-,23-21-,42-40-. The zero-order chi connectivity index (χ0) is 50.6. The number of unbranched alkanes of at least 4 members (excludes halogenated alkanes) is 33. The minimum Gasteiger partial charge on any atom is -0.756 e. The van der Waals surface area contributed by atoms with Crippen molar-refractivity contribution in [3.63, 3.8) is 0 Å². The molecule has 2 N–H and O–H groups in total. The molecule has 3 atom stereocenters. The van der Waals surface area contributed by atoms with E-state index in [0.29, 0.717) is 23.9 Å². The van der Waals surface area contributed by atoms with Crippen molar-refractivity contribution in [3.8, 4) is 0 Å². The molecule has 69 heavy (non-hydrogen) atoms. The molecule has 8 nitrogen and oxygen atoms in total. The van der Waals surface area contributed by atoms with Gasteiger partial charge in [-0.1, -0.05) is 268 Å². The van der Waals surface area contributed by atoms with Crippen molar-refractivity contribution < 1.29 is 32.9 Å². The maximum Gasteiger partial charge on any atom is 0.268 e. The fourth-order valence-corrected chi connectivity index (χ4v) is 9.46. The Morgan fingerprint density at radius 1 is 0.522 bits per heavy atom. The van der Waals surface area contributed by atoms with Crippen LogP contribution in [0.15, 0.2) is 48.6 Å². The van der Waals surface area contributed by atoms with E-state index in [1.54, 1.807) is 0 Å². The summed E-state index contributed by atoms with van der Waals surface area (Å²) in [7, 11) is 1.29. The summed E-state index contributed by atoms with van der Waals surface area (Å²) in [5, 5.41) is 14.0. The summed E-state index contributed by atoms with van der Waals surface area (Å²) in [6, 6.07) is -0.816. The minimum absolute atomic E-state index is 0.00576. The zero-order valence-electron chi connectivity index (χ0n) is 46.3. The van der Waals surface area contributed by atoms with Gasteiger partial charge >= 0.3 is 0 Å². The number of aliphatic hydroxyl groups is 1. The molecule has 0 aromatic carbocycles. The first-order valence-electron chi connectivity index (χ1n) is 29.5. The van der Waals surface area contributed by atoms with E-state index in [0.717, 1.165) is 77.0 Å². The van der Waals surface area contributed by atoms with Crippen LogP contribution in [-0.2, 0) is 18.4 Å². The second kappa shape index (κ2) is 51.4. The second-order valence-electron chi connectivity index (χ2n) is 21.3. The van der Waals surface area contributed by atoms with Crippen LogP contribution in [0.2, 0.25) is 0 Å². The average molecular weight is 992 g/mol. The molecule has 3 unspecified atom stereocenters. The molecule has 1 amide bonds. The predicted molar refractivity (Wildman–Crippen MR) is 298 cm³/mol. The quantitative estimate of drug-likeness (QED) is 0.0272. The molecule has 0 aliphatic heterocycles. The maximum atomic E-state index is 13.0. The van der Waals surface area contributed by atoms with Gasteiger partial charge in [0.1, 0.15) is 13.2 Å². The first kappa shape index (κ1) is 67.5. The number of likely N-dealkylation sites (N-methyl/N-ethyl adjacent to an activating group) is 1. The Kier molecular flexibility index (Phi) is 50.2. The largest absolute Gasteiger partial charge is 0.756 e. The van der Waals surface area contributed by atoms with Gasteiger partial charge in [-0.15, -0.1) is 0 Å². The summed E-state index contributed by atoms with van der Waals surface area (Å²) in [6.45, 7) is 4.61. The molecule has 0 saturated heterocycles. The SMILES string of the molecule is CC/C=C\C/C=C\C/C=C\C/C=C\CCCCCCC(=O)NC(COP(=O)([O-])OCC[N+](C)(C)C)C(O)CCCCCCCCCCCCCCCCCCCCCCCCCCCCCCCC.